The van der Waals surface area contributed by atoms with Gasteiger partial charge in [-0.15, -0.1) is 0 Å². The van der Waals surface area contributed by atoms with Crippen molar-refractivity contribution in [3.05, 3.63) is 107 Å². The van der Waals surface area contributed by atoms with Gasteiger partial charge in [0.15, 0.2) is 0 Å². The Morgan fingerprint density at radius 3 is 2.41 bits per heavy atom. The van der Waals surface area contributed by atoms with Crippen molar-refractivity contribution < 1.29 is 9.18 Å². The third kappa shape index (κ3) is 3.71. The van der Waals surface area contributed by atoms with Gasteiger partial charge in [-0.3, -0.25) is 4.79 Å². The molecule has 0 radical (unpaired) electrons. The summed E-state index contributed by atoms with van der Waals surface area (Å²) in [7, 11) is 0. The molecule has 1 aliphatic heterocycles. The number of halogens is 1. The van der Waals surface area contributed by atoms with E-state index >= 15 is 0 Å². The van der Waals surface area contributed by atoms with Crippen molar-refractivity contribution in [2.24, 2.45) is 0 Å². The molecular formula is C27H24FN3O. The van der Waals surface area contributed by atoms with E-state index in [1.54, 1.807) is 16.8 Å². The predicted octanol–water partition coefficient (Wildman–Crippen LogP) is 5.49. The van der Waals surface area contributed by atoms with Gasteiger partial charge in [-0.05, 0) is 78.9 Å². The highest BCUT2D eigenvalue weighted by Gasteiger charge is 2.26. The molecular weight excluding hydrogens is 401 g/mol. The van der Waals surface area contributed by atoms with Crippen molar-refractivity contribution in [2.75, 3.05) is 6.54 Å². The largest absolute Gasteiger partial charge is 0.333 e. The number of aryl methyl sites for hydroxylation is 2. The molecule has 0 N–H and O–H groups in total. The minimum atomic E-state index is -0.323. The Hall–Kier alpha value is -3.73. The first-order valence-corrected chi connectivity index (χ1v) is 10.8. The number of fused-ring (bicyclic) bond motifs is 1. The number of carbonyl (C=O) groups is 1. The Labute approximate surface area is 186 Å². The van der Waals surface area contributed by atoms with Crippen LogP contribution in [0.25, 0.3) is 16.9 Å². The Balaban J connectivity index is 1.57. The smallest absolute Gasteiger partial charge is 0.272 e. The van der Waals surface area contributed by atoms with Crippen LogP contribution in [0.3, 0.4) is 0 Å². The molecule has 0 atom stereocenters. The van der Waals surface area contributed by atoms with Gasteiger partial charge in [0.25, 0.3) is 5.91 Å². The molecule has 0 spiro atoms. The summed E-state index contributed by atoms with van der Waals surface area (Å²) in [6.45, 7) is 5.36. The van der Waals surface area contributed by atoms with Gasteiger partial charge in [0, 0.05) is 18.7 Å². The lowest BCUT2D eigenvalue weighted by Crippen LogP contribution is -2.37. The van der Waals surface area contributed by atoms with Crippen molar-refractivity contribution in [1.29, 1.82) is 0 Å². The molecule has 0 unspecified atom stereocenters. The van der Waals surface area contributed by atoms with Crippen LogP contribution in [0, 0.1) is 19.7 Å². The van der Waals surface area contributed by atoms with Crippen molar-refractivity contribution in [3.8, 4) is 16.9 Å². The van der Waals surface area contributed by atoms with Gasteiger partial charge in [-0.2, -0.15) is 5.10 Å². The van der Waals surface area contributed by atoms with Gasteiger partial charge in [0.2, 0.25) is 0 Å². The van der Waals surface area contributed by atoms with Crippen LogP contribution in [0.4, 0.5) is 4.39 Å². The van der Waals surface area contributed by atoms with E-state index in [1.165, 1.54) is 34.4 Å². The number of nitrogens with zero attached hydrogens (tertiary/aromatic N) is 3. The lowest BCUT2D eigenvalue weighted by atomic mass is 9.99. The lowest BCUT2D eigenvalue weighted by Gasteiger charge is -2.29. The Morgan fingerprint density at radius 2 is 1.66 bits per heavy atom. The van der Waals surface area contributed by atoms with Crippen LogP contribution in [-0.4, -0.2) is 27.1 Å². The van der Waals surface area contributed by atoms with E-state index in [9.17, 15) is 9.18 Å². The maximum Gasteiger partial charge on any atom is 0.272 e. The summed E-state index contributed by atoms with van der Waals surface area (Å²) in [6, 6.07) is 22.3. The molecule has 0 bridgehead atoms. The predicted molar refractivity (Wildman–Crippen MR) is 123 cm³/mol. The van der Waals surface area contributed by atoms with Crippen LogP contribution in [0.5, 0.6) is 0 Å². The van der Waals surface area contributed by atoms with Gasteiger partial charge in [0.1, 0.15) is 11.5 Å². The van der Waals surface area contributed by atoms with Crippen LogP contribution < -0.4 is 0 Å². The van der Waals surface area contributed by atoms with Crippen molar-refractivity contribution >= 4 is 5.91 Å². The van der Waals surface area contributed by atoms with Gasteiger partial charge in [-0.25, -0.2) is 9.07 Å². The van der Waals surface area contributed by atoms with Gasteiger partial charge in [0.05, 0.1) is 11.4 Å². The lowest BCUT2D eigenvalue weighted by molar-refractivity contribution is 0.0725. The molecule has 160 valence electrons. The standard InChI is InChI=1S/C27H24FN3O/c1-18-7-8-21(15-19(18)2)25-16-26(31(29-25)24-11-9-23(28)10-12-24)27(32)30-14-13-20-5-3-4-6-22(20)17-30/h3-12,15-16H,13-14,17H2,1-2H3. The summed E-state index contributed by atoms with van der Waals surface area (Å²) < 4.78 is 15.2. The molecule has 0 saturated heterocycles. The van der Waals surface area contributed by atoms with E-state index in [0.29, 0.717) is 24.5 Å². The van der Waals surface area contributed by atoms with E-state index in [2.05, 4.69) is 38.1 Å². The fraction of sp³-hybridized carbons (Fsp3) is 0.185. The van der Waals surface area contributed by atoms with Gasteiger partial charge >= 0.3 is 0 Å². The molecule has 0 aliphatic carbocycles. The first-order valence-electron chi connectivity index (χ1n) is 10.8. The zero-order chi connectivity index (χ0) is 22.2. The molecule has 0 fully saturated rings. The zero-order valence-corrected chi connectivity index (χ0v) is 18.2. The topological polar surface area (TPSA) is 38.1 Å². The second-order valence-corrected chi connectivity index (χ2v) is 8.35. The fourth-order valence-electron chi connectivity index (χ4n) is 4.19. The number of benzene rings is 3. The monoisotopic (exact) mass is 425 g/mol. The van der Waals surface area contributed by atoms with Crippen LogP contribution >= 0.6 is 0 Å². The third-order valence-electron chi connectivity index (χ3n) is 6.22. The van der Waals surface area contributed by atoms with Crippen LogP contribution in [0.15, 0.2) is 72.8 Å². The number of hydrogen-bond acceptors (Lipinski definition) is 2. The second-order valence-electron chi connectivity index (χ2n) is 8.35. The van der Waals surface area contributed by atoms with E-state index in [-0.39, 0.29) is 11.7 Å². The molecule has 5 heteroatoms. The Kier molecular flexibility index (Phi) is 5.10. The van der Waals surface area contributed by atoms with Gasteiger partial charge in [-0.1, -0.05) is 36.4 Å². The average molecular weight is 426 g/mol. The molecule has 5 rings (SSSR count). The van der Waals surface area contributed by atoms with Crippen molar-refractivity contribution in [3.63, 3.8) is 0 Å². The quantitative estimate of drug-likeness (QED) is 0.435. The summed E-state index contributed by atoms with van der Waals surface area (Å²) in [5, 5.41) is 4.76. The highest BCUT2D eigenvalue weighted by molar-refractivity contribution is 5.94. The highest BCUT2D eigenvalue weighted by atomic mass is 19.1. The van der Waals surface area contributed by atoms with E-state index < -0.39 is 0 Å². The summed E-state index contributed by atoms with van der Waals surface area (Å²) in [4.78, 5) is 15.5. The minimum Gasteiger partial charge on any atom is -0.333 e. The maximum atomic E-state index is 13.6. The molecule has 4 nitrogen and oxygen atoms in total. The molecule has 2 heterocycles. The number of rotatable bonds is 3. The van der Waals surface area contributed by atoms with E-state index in [0.717, 1.165) is 17.7 Å². The summed E-state index contributed by atoms with van der Waals surface area (Å²) in [6.07, 6.45) is 0.830. The number of hydrogen-bond donors (Lipinski definition) is 0. The summed E-state index contributed by atoms with van der Waals surface area (Å²) >= 11 is 0. The molecule has 1 aliphatic rings. The van der Waals surface area contributed by atoms with Gasteiger partial charge < -0.3 is 4.90 Å². The normalized spacial score (nSPS) is 13.2. The molecule has 32 heavy (non-hydrogen) atoms. The minimum absolute atomic E-state index is 0.0774. The van der Waals surface area contributed by atoms with Crippen LogP contribution in [0.2, 0.25) is 0 Å². The van der Waals surface area contributed by atoms with E-state index in [4.69, 9.17) is 5.10 Å². The Bertz CT molecular complexity index is 1310. The number of aromatic nitrogens is 2. The number of carbonyl (C=O) groups excluding carboxylic acids is 1. The molecule has 3 aromatic carbocycles. The summed E-state index contributed by atoms with van der Waals surface area (Å²) in [5.74, 6) is -0.401. The van der Waals surface area contributed by atoms with Crippen molar-refractivity contribution in [2.45, 2.75) is 26.8 Å². The maximum absolute atomic E-state index is 13.6. The second kappa shape index (κ2) is 8.08. The van der Waals surface area contributed by atoms with Crippen LogP contribution in [-0.2, 0) is 13.0 Å². The fourth-order valence-corrected chi connectivity index (χ4v) is 4.19. The summed E-state index contributed by atoms with van der Waals surface area (Å²) in [5.41, 5.74) is 7.64. The molecule has 1 aromatic heterocycles. The highest BCUT2D eigenvalue weighted by Crippen LogP contribution is 2.26. The SMILES string of the molecule is Cc1ccc(-c2cc(C(=O)N3CCc4ccccc4C3)n(-c3ccc(F)cc3)n2)cc1C. The Morgan fingerprint density at radius 1 is 0.906 bits per heavy atom. The number of amides is 1. The molecule has 0 saturated carbocycles. The van der Waals surface area contributed by atoms with E-state index in [1.807, 2.05) is 29.2 Å². The molecule has 4 aromatic rings. The zero-order valence-electron chi connectivity index (χ0n) is 18.2. The van der Waals surface area contributed by atoms with Crippen molar-refractivity contribution in [1.82, 2.24) is 14.7 Å². The first-order chi connectivity index (χ1) is 15.5. The third-order valence-corrected chi connectivity index (χ3v) is 6.22. The average Bonchev–Trinajstić information content (AvgIpc) is 3.26. The first kappa shape index (κ1) is 20.2. The molecule has 1 amide bonds. The van der Waals surface area contributed by atoms with Crippen LogP contribution in [0.1, 0.15) is 32.7 Å².